The zero-order chi connectivity index (χ0) is 18.5. The summed E-state index contributed by atoms with van der Waals surface area (Å²) in [6.07, 6.45) is 0. The minimum absolute atomic E-state index is 0.0227. The summed E-state index contributed by atoms with van der Waals surface area (Å²) in [6.45, 7) is 6.00. The molecule has 1 heterocycles. The molecular weight excluding hydrogens is 401 g/mol. The van der Waals surface area contributed by atoms with Gasteiger partial charge in [0.05, 0.1) is 10.7 Å². The van der Waals surface area contributed by atoms with E-state index in [9.17, 15) is 4.57 Å². The molecule has 2 aromatic rings. The Labute approximate surface area is 153 Å². The van der Waals surface area contributed by atoms with Crippen LogP contribution in [-0.4, -0.2) is 15.0 Å². The van der Waals surface area contributed by atoms with Crippen molar-refractivity contribution in [3.8, 4) is 0 Å². The Morgan fingerprint density at radius 1 is 1.00 bits per heavy atom. The Hall–Kier alpha value is -1.42. The lowest BCUT2D eigenvalue weighted by atomic mass is 10.3. The normalized spacial score (nSPS) is 9.04. The van der Waals surface area contributed by atoms with Gasteiger partial charge in [-0.25, -0.2) is 0 Å². The molecule has 0 saturated heterocycles. The Bertz CT molecular complexity index is 640. The van der Waals surface area contributed by atoms with Gasteiger partial charge in [0.1, 0.15) is 0 Å². The summed E-state index contributed by atoms with van der Waals surface area (Å²) in [5, 5.41) is 3.49. The number of halogens is 3. The van der Waals surface area contributed by atoms with Gasteiger partial charge in [0.25, 0.3) is 0 Å². The summed E-state index contributed by atoms with van der Waals surface area (Å²) in [7, 11) is -2.27. The molecule has 9 nitrogen and oxygen atoms in total. The van der Waals surface area contributed by atoms with Crippen molar-refractivity contribution < 1.29 is 13.8 Å². The number of hydrogen-bond acceptors (Lipinski definition) is 9. The maximum atomic E-state index is 9.63. The molecule has 2 rings (SSSR count). The van der Waals surface area contributed by atoms with Crippen LogP contribution < -0.4 is 17.1 Å². The minimum Gasteiger partial charge on any atom is -0.323 e. The summed E-state index contributed by atoms with van der Waals surface area (Å²) in [5.41, 5.74) is 0.669. The first-order valence-corrected chi connectivity index (χ1v) is 7.98. The summed E-state index contributed by atoms with van der Waals surface area (Å²) in [4.78, 5) is 11.4. The van der Waals surface area contributed by atoms with Crippen molar-refractivity contribution in [2.45, 2.75) is 0 Å². The van der Waals surface area contributed by atoms with Gasteiger partial charge in [-0.3, -0.25) is 0 Å². The molecule has 130 valence electrons. The minimum atomic E-state index is -2.27. The Balaban J connectivity index is 0.000000563. The van der Waals surface area contributed by atoms with Crippen molar-refractivity contribution in [1.29, 1.82) is 0 Å². The SMILES string of the molecule is C=C.Clc1nc(Cl)nc(Nc2ccccc2Cl)n1.NO[P+](=O)ON. The molecular formula is C11H13Cl3N6O3P+. The van der Waals surface area contributed by atoms with Crippen molar-refractivity contribution in [3.05, 3.63) is 53.0 Å². The number of para-hydroxylation sites is 1. The van der Waals surface area contributed by atoms with Crippen LogP contribution in [0.15, 0.2) is 37.4 Å². The second-order valence-corrected chi connectivity index (χ2v) is 5.19. The molecule has 5 N–H and O–H groups in total. The fourth-order valence-electron chi connectivity index (χ4n) is 1.09. The van der Waals surface area contributed by atoms with Gasteiger partial charge in [-0.1, -0.05) is 23.7 Å². The topological polar surface area (TPSA) is 138 Å². The zero-order valence-corrected chi connectivity index (χ0v) is 15.2. The average Bonchev–Trinajstić information content (AvgIpc) is 2.58. The fourth-order valence-corrected chi connectivity index (χ4v) is 1.69. The molecule has 0 aliphatic rings. The third-order valence-corrected chi connectivity index (χ3v) is 2.89. The lowest BCUT2D eigenvalue weighted by Crippen LogP contribution is -1.99. The van der Waals surface area contributed by atoms with Gasteiger partial charge in [0.2, 0.25) is 16.5 Å². The first kappa shape index (κ1) is 22.6. The Morgan fingerprint density at radius 3 is 1.92 bits per heavy atom. The number of nitrogens with one attached hydrogen (secondary N) is 1. The molecule has 0 fully saturated rings. The second-order valence-electron chi connectivity index (χ2n) is 3.24. The number of benzene rings is 1. The predicted octanol–water partition coefficient (Wildman–Crippen LogP) is 3.80. The highest BCUT2D eigenvalue weighted by Crippen LogP contribution is 2.23. The van der Waals surface area contributed by atoms with E-state index in [0.29, 0.717) is 10.7 Å². The van der Waals surface area contributed by atoms with Crippen LogP contribution in [0.4, 0.5) is 11.6 Å². The molecule has 0 spiro atoms. The number of nitrogens with zero attached hydrogens (tertiary/aromatic N) is 3. The van der Waals surface area contributed by atoms with E-state index in [1.54, 1.807) is 12.1 Å². The average molecular weight is 415 g/mol. The van der Waals surface area contributed by atoms with Crippen molar-refractivity contribution in [1.82, 2.24) is 15.0 Å². The molecule has 1 aromatic carbocycles. The van der Waals surface area contributed by atoms with E-state index < -0.39 is 8.25 Å². The van der Waals surface area contributed by atoms with Gasteiger partial charge in [-0.2, -0.15) is 26.7 Å². The van der Waals surface area contributed by atoms with Crippen molar-refractivity contribution in [3.63, 3.8) is 0 Å². The van der Waals surface area contributed by atoms with E-state index in [2.05, 4.69) is 54.5 Å². The Kier molecular flexibility index (Phi) is 12.2. The van der Waals surface area contributed by atoms with Gasteiger partial charge >= 0.3 is 8.25 Å². The van der Waals surface area contributed by atoms with Crippen LogP contribution in [0.3, 0.4) is 0 Å². The molecule has 0 atom stereocenters. The van der Waals surface area contributed by atoms with Gasteiger partial charge in [0, 0.05) is 4.57 Å². The molecule has 13 heteroatoms. The fraction of sp³-hybridized carbons (Fsp3) is 0. The summed E-state index contributed by atoms with van der Waals surface area (Å²) in [5.74, 6) is 8.84. The lowest BCUT2D eigenvalue weighted by Gasteiger charge is -2.06. The van der Waals surface area contributed by atoms with Crippen molar-refractivity contribution in [2.75, 3.05) is 5.32 Å². The van der Waals surface area contributed by atoms with Crippen LogP contribution >= 0.6 is 43.1 Å². The third-order valence-electron chi connectivity index (χ3n) is 1.87. The largest absolute Gasteiger partial charge is 0.734 e. The smallest absolute Gasteiger partial charge is 0.323 e. The number of anilines is 2. The molecule has 0 saturated carbocycles. The van der Waals surface area contributed by atoms with Crippen molar-refractivity contribution in [2.24, 2.45) is 11.8 Å². The summed E-state index contributed by atoms with van der Waals surface area (Å²) < 4.78 is 16.8. The number of nitrogens with two attached hydrogens (primary N) is 2. The standard InChI is InChI=1S/C9H5Cl3N4.C2H4.H4N2O3P/c10-5-3-1-2-4-6(5)13-9-15-7(11)14-8(12)16-9;1-2;1-4-6(3)5-2/h1-4H,(H,13,14,15,16);1-2H2;1-2H2/q;;+1. The van der Waals surface area contributed by atoms with Crippen molar-refractivity contribution >= 4 is 54.7 Å². The zero-order valence-electron chi connectivity index (χ0n) is 12.0. The van der Waals surface area contributed by atoms with E-state index in [0.717, 1.165) is 0 Å². The van der Waals surface area contributed by atoms with E-state index in [-0.39, 0.29) is 16.5 Å². The number of aromatic nitrogens is 3. The van der Waals surface area contributed by atoms with Gasteiger partial charge < -0.3 is 5.32 Å². The molecule has 0 radical (unpaired) electrons. The maximum absolute atomic E-state index is 9.63. The third kappa shape index (κ3) is 9.02. The van der Waals surface area contributed by atoms with Gasteiger partial charge in [0.15, 0.2) is 0 Å². The molecule has 0 unspecified atom stereocenters. The summed E-state index contributed by atoms with van der Waals surface area (Å²) in [6, 6.07) is 7.18. The van der Waals surface area contributed by atoms with Crippen LogP contribution in [0.25, 0.3) is 0 Å². The molecule has 0 amide bonds. The molecule has 0 aliphatic heterocycles. The number of hydrogen-bond donors (Lipinski definition) is 3. The molecule has 1 aromatic heterocycles. The lowest BCUT2D eigenvalue weighted by molar-refractivity contribution is 0.234. The van der Waals surface area contributed by atoms with E-state index in [1.165, 1.54) is 0 Å². The number of rotatable bonds is 4. The Morgan fingerprint density at radius 2 is 1.50 bits per heavy atom. The molecule has 0 aliphatic carbocycles. The van der Waals surface area contributed by atoms with Gasteiger partial charge in [-0.05, 0) is 44.6 Å². The van der Waals surface area contributed by atoms with Crippen LogP contribution in [0.5, 0.6) is 0 Å². The van der Waals surface area contributed by atoms with Crippen LogP contribution in [0.1, 0.15) is 0 Å². The van der Waals surface area contributed by atoms with E-state index in [4.69, 9.17) is 34.8 Å². The highest BCUT2D eigenvalue weighted by atomic mass is 35.5. The van der Waals surface area contributed by atoms with E-state index in [1.807, 2.05) is 12.1 Å². The first-order chi connectivity index (χ1) is 11.5. The monoisotopic (exact) mass is 413 g/mol. The highest BCUT2D eigenvalue weighted by molar-refractivity contribution is 7.33. The maximum Gasteiger partial charge on any atom is 0.734 e. The van der Waals surface area contributed by atoms with Crippen LogP contribution in [0.2, 0.25) is 15.6 Å². The highest BCUT2D eigenvalue weighted by Gasteiger charge is 2.14. The second kappa shape index (κ2) is 12.9. The van der Waals surface area contributed by atoms with Gasteiger partial charge in [-0.15, -0.1) is 13.2 Å². The summed E-state index contributed by atoms with van der Waals surface area (Å²) >= 11 is 17.2. The van der Waals surface area contributed by atoms with E-state index >= 15 is 0 Å². The molecule has 24 heavy (non-hydrogen) atoms. The van der Waals surface area contributed by atoms with Crippen LogP contribution in [0, 0.1) is 0 Å². The van der Waals surface area contributed by atoms with Crippen LogP contribution in [-0.2, 0) is 13.8 Å². The predicted molar refractivity (Wildman–Crippen MR) is 94.0 cm³/mol. The molecule has 0 bridgehead atoms. The quantitative estimate of drug-likeness (QED) is 0.387. The first-order valence-electron chi connectivity index (χ1n) is 5.76.